The van der Waals surface area contributed by atoms with Crippen LogP contribution in [0.15, 0.2) is 128 Å². The van der Waals surface area contributed by atoms with Crippen LogP contribution < -0.4 is 4.74 Å². The summed E-state index contributed by atoms with van der Waals surface area (Å²) in [6.07, 6.45) is 1.84. The summed E-state index contributed by atoms with van der Waals surface area (Å²) >= 11 is 0. The van der Waals surface area contributed by atoms with Gasteiger partial charge in [0.25, 0.3) is 0 Å². The third-order valence-electron chi connectivity index (χ3n) is 8.46. The van der Waals surface area contributed by atoms with Gasteiger partial charge in [0.15, 0.2) is 0 Å². The number of aryl methyl sites for hydroxylation is 2. The first kappa shape index (κ1) is 30.4. The van der Waals surface area contributed by atoms with E-state index in [0.29, 0.717) is 11.5 Å². The number of benzene rings is 5. The molecule has 5 nitrogen and oxygen atoms in total. The van der Waals surface area contributed by atoms with Crippen molar-refractivity contribution in [2.75, 3.05) is 0 Å². The molecule has 0 amide bonds. The molecule has 3 heterocycles. The number of hydrogen-bond donors (Lipinski definition) is 0. The predicted molar refractivity (Wildman–Crippen MR) is 185 cm³/mol. The molecule has 3 aromatic heterocycles. The average Bonchev–Trinajstić information content (AvgIpc) is 3.58. The summed E-state index contributed by atoms with van der Waals surface area (Å²) in [7, 11) is 0. The SMILES string of the molecule is Cc1ccnc(-n2c3[c-]c(Oc4[c-]c(-n5nc(C)c(-c6ccc(-c7ccccc7)cc6)c5C)ccc4)ccc3c3ccccc32)c1.[Pt+2]. The predicted octanol–water partition coefficient (Wildman–Crippen LogP) is 10.0. The Bertz CT molecular complexity index is 2370. The van der Waals surface area contributed by atoms with Crippen LogP contribution in [0.3, 0.4) is 0 Å². The van der Waals surface area contributed by atoms with Crippen LogP contribution >= 0.6 is 0 Å². The summed E-state index contributed by atoms with van der Waals surface area (Å²) in [4.78, 5) is 4.68. The third kappa shape index (κ3) is 5.58. The van der Waals surface area contributed by atoms with Crippen LogP contribution in [-0.4, -0.2) is 19.3 Å². The van der Waals surface area contributed by atoms with E-state index in [0.717, 1.165) is 61.4 Å². The smallest absolute Gasteiger partial charge is 0.509 e. The minimum Gasteiger partial charge on any atom is -0.509 e. The van der Waals surface area contributed by atoms with Crippen molar-refractivity contribution in [1.29, 1.82) is 0 Å². The van der Waals surface area contributed by atoms with Crippen molar-refractivity contribution >= 4 is 21.8 Å². The van der Waals surface area contributed by atoms with Gasteiger partial charge < -0.3 is 9.30 Å². The van der Waals surface area contributed by atoms with Crippen LogP contribution in [0, 0.1) is 32.9 Å². The van der Waals surface area contributed by atoms with E-state index in [1.165, 1.54) is 11.1 Å². The zero-order valence-electron chi connectivity index (χ0n) is 26.1. The molecule has 0 fully saturated rings. The summed E-state index contributed by atoms with van der Waals surface area (Å²) in [5.74, 6) is 2.04. The molecule has 5 aromatic carbocycles. The Morgan fingerprint density at radius 3 is 2.17 bits per heavy atom. The average molecular weight is 790 g/mol. The fourth-order valence-electron chi connectivity index (χ4n) is 6.31. The molecule has 6 heteroatoms. The van der Waals surface area contributed by atoms with Crippen molar-refractivity contribution in [1.82, 2.24) is 19.3 Å². The van der Waals surface area contributed by atoms with Crippen molar-refractivity contribution in [3.05, 3.63) is 157 Å². The second-order valence-electron chi connectivity index (χ2n) is 11.5. The van der Waals surface area contributed by atoms with E-state index in [1.807, 2.05) is 47.3 Å². The fourth-order valence-corrected chi connectivity index (χ4v) is 6.31. The first-order valence-corrected chi connectivity index (χ1v) is 15.3. The topological polar surface area (TPSA) is 44.9 Å². The van der Waals surface area contributed by atoms with Crippen molar-refractivity contribution in [2.45, 2.75) is 20.8 Å². The summed E-state index contributed by atoms with van der Waals surface area (Å²) in [6, 6.07) is 48.5. The van der Waals surface area contributed by atoms with Gasteiger partial charge in [0.05, 0.1) is 5.69 Å². The molecule has 0 N–H and O–H groups in total. The Hall–Kier alpha value is -5.25. The van der Waals surface area contributed by atoms with Crippen LogP contribution in [0.5, 0.6) is 11.5 Å². The van der Waals surface area contributed by atoms with Crippen LogP contribution in [0.1, 0.15) is 17.0 Å². The summed E-state index contributed by atoms with van der Waals surface area (Å²) in [5, 5.41) is 7.15. The van der Waals surface area contributed by atoms with Crippen LogP contribution in [0.25, 0.3) is 55.6 Å². The van der Waals surface area contributed by atoms with Gasteiger partial charge in [0.1, 0.15) is 5.82 Å². The molecule has 0 spiro atoms. The molecule has 0 atom stereocenters. The van der Waals surface area contributed by atoms with Gasteiger partial charge >= 0.3 is 21.1 Å². The van der Waals surface area contributed by atoms with Crippen molar-refractivity contribution in [3.63, 3.8) is 0 Å². The van der Waals surface area contributed by atoms with Gasteiger partial charge in [-0.15, -0.1) is 35.7 Å². The first-order chi connectivity index (χ1) is 22.5. The standard InChI is InChI=1S/C41H30N4O.Pt/c1-27-22-23-42-40(24-27)44-38-15-8-7-14-36(38)37-21-20-35(26-39(37)44)46-34-13-9-12-33(25-34)45-29(3)41(28(2)43-45)32-18-16-31(17-19-32)30-10-5-4-6-11-30;/h4-24H,1-3H3;/q-2;+2. The van der Waals surface area contributed by atoms with Gasteiger partial charge in [-0.3, -0.25) is 4.68 Å². The van der Waals surface area contributed by atoms with Gasteiger partial charge in [-0.1, -0.05) is 78.3 Å². The number of pyridine rings is 1. The number of fused-ring (bicyclic) bond motifs is 3. The second-order valence-corrected chi connectivity index (χ2v) is 11.5. The molecule has 230 valence electrons. The quantitative estimate of drug-likeness (QED) is 0.158. The minimum atomic E-state index is 0. The van der Waals surface area contributed by atoms with E-state index in [1.54, 1.807) is 0 Å². The Kier molecular flexibility index (Phi) is 8.09. The monoisotopic (exact) mass is 789 g/mol. The third-order valence-corrected chi connectivity index (χ3v) is 8.46. The normalized spacial score (nSPS) is 11.1. The maximum Gasteiger partial charge on any atom is 2.00 e. The Balaban J connectivity index is 0.00000351. The molecule has 0 unspecified atom stereocenters. The van der Waals surface area contributed by atoms with E-state index < -0.39 is 0 Å². The first-order valence-electron chi connectivity index (χ1n) is 15.3. The molecule has 0 aliphatic heterocycles. The zero-order chi connectivity index (χ0) is 31.2. The molecular formula is C41H30N4OPt. The van der Waals surface area contributed by atoms with Crippen LogP contribution in [0.4, 0.5) is 0 Å². The van der Waals surface area contributed by atoms with E-state index in [2.05, 4.69) is 127 Å². The van der Waals surface area contributed by atoms with Crippen molar-refractivity contribution in [3.8, 4) is 45.3 Å². The maximum absolute atomic E-state index is 6.39. The van der Waals surface area contributed by atoms with E-state index in [-0.39, 0.29) is 21.1 Å². The van der Waals surface area contributed by atoms with Crippen LogP contribution in [0.2, 0.25) is 0 Å². The summed E-state index contributed by atoms with van der Waals surface area (Å²) in [5.41, 5.74) is 10.6. The molecule has 8 aromatic rings. The summed E-state index contributed by atoms with van der Waals surface area (Å²) < 4.78 is 10.5. The van der Waals surface area contributed by atoms with Gasteiger partial charge in [-0.25, -0.2) is 4.98 Å². The molecular weight excluding hydrogens is 760 g/mol. The number of hydrogen-bond acceptors (Lipinski definition) is 3. The molecule has 47 heavy (non-hydrogen) atoms. The molecule has 0 aliphatic carbocycles. The van der Waals surface area contributed by atoms with Gasteiger partial charge in [0.2, 0.25) is 0 Å². The molecule has 8 rings (SSSR count). The number of para-hydroxylation sites is 1. The van der Waals surface area contributed by atoms with Gasteiger partial charge in [0, 0.05) is 34.5 Å². The largest absolute Gasteiger partial charge is 2.00 e. The Labute approximate surface area is 288 Å². The number of nitrogens with zero attached hydrogens (tertiary/aromatic N) is 4. The summed E-state index contributed by atoms with van der Waals surface area (Å²) in [6.45, 7) is 6.23. The second kappa shape index (κ2) is 12.5. The Morgan fingerprint density at radius 1 is 0.638 bits per heavy atom. The maximum atomic E-state index is 6.39. The van der Waals surface area contributed by atoms with E-state index >= 15 is 0 Å². The molecule has 0 saturated heterocycles. The molecule has 0 bridgehead atoms. The fraction of sp³-hybridized carbons (Fsp3) is 0.0732. The van der Waals surface area contributed by atoms with Crippen LogP contribution in [-0.2, 0) is 21.1 Å². The van der Waals surface area contributed by atoms with Crippen molar-refractivity contribution in [2.24, 2.45) is 0 Å². The van der Waals surface area contributed by atoms with Gasteiger partial charge in [-0.05, 0) is 72.3 Å². The minimum absolute atomic E-state index is 0. The number of aromatic nitrogens is 4. The molecule has 0 aliphatic rings. The zero-order valence-corrected chi connectivity index (χ0v) is 28.4. The number of rotatable bonds is 6. The van der Waals surface area contributed by atoms with Gasteiger partial charge in [-0.2, -0.15) is 17.2 Å². The number of ether oxygens (including phenoxy) is 1. The van der Waals surface area contributed by atoms with Crippen molar-refractivity contribution < 1.29 is 25.8 Å². The molecule has 0 radical (unpaired) electrons. The van der Waals surface area contributed by atoms with E-state index in [4.69, 9.17) is 9.84 Å². The Morgan fingerprint density at radius 2 is 1.36 bits per heavy atom. The van der Waals surface area contributed by atoms with E-state index in [9.17, 15) is 0 Å². The molecule has 0 saturated carbocycles.